The molecule has 0 saturated carbocycles. The fourth-order valence-corrected chi connectivity index (χ4v) is 4.63. The van der Waals surface area contributed by atoms with Crippen LogP contribution in [0.4, 0.5) is 0 Å². The number of amides is 2. The lowest BCUT2D eigenvalue weighted by Gasteiger charge is -2.22. The second-order valence-corrected chi connectivity index (χ2v) is 8.34. The number of rotatable bonds is 5. The molecule has 1 N–H and O–H groups in total. The molecule has 2 fully saturated rings. The zero-order chi connectivity index (χ0) is 18.8. The summed E-state index contributed by atoms with van der Waals surface area (Å²) in [4.78, 5) is 28.6. The molecule has 0 unspecified atom stereocenters. The van der Waals surface area contributed by atoms with Crippen LogP contribution in [0.1, 0.15) is 22.4 Å². The predicted molar refractivity (Wildman–Crippen MR) is 104 cm³/mol. The fraction of sp³-hybridized carbons (Fsp3) is 0.429. The summed E-state index contributed by atoms with van der Waals surface area (Å²) >= 11 is 1.62. The Morgan fingerprint density at radius 1 is 1.26 bits per heavy atom. The zero-order valence-corrected chi connectivity index (χ0v) is 16.2. The van der Waals surface area contributed by atoms with Gasteiger partial charge in [-0.3, -0.25) is 9.59 Å². The van der Waals surface area contributed by atoms with Crippen molar-refractivity contribution in [1.29, 1.82) is 0 Å². The number of aryl methyl sites for hydroxylation is 1. The van der Waals surface area contributed by atoms with E-state index in [0.717, 1.165) is 16.9 Å². The molecule has 2 aliphatic rings. The van der Waals surface area contributed by atoms with E-state index < -0.39 is 0 Å². The number of benzene rings is 1. The van der Waals surface area contributed by atoms with Crippen LogP contribution in [0.25, 0.3) is 0 Å². The van der Waals surface area contributed by atoms with E-state index in [1.807, 2.05) is 53.6 Å². The smallest absolute Gasteiger partial charge is 0.227 e. The number of thiophene rings is 1. The van der Waals surface area contributed by atoms with Gasteiger partial charge in [-0.1, -0.05) is 35.9 Å². The summed E-state index contributed by atoms with van der Waals surface area (Å²) in [6, 6.07) is 12.0. The van der Waals surface area contributed by atoms with Gasteiger partial charge in [0.05, 0.1) is 31.0 Å². The average Bonchev–Trinajstić information content (AvgIpc) is 3.39. The molecule has 27 heavy (non-hydrogen) atoms. The van der Waals surface area contributed by atoms with E-state index in [1.54, 1.807) is 11.3 Å². The summed E-state index contributed by atoms with van der Waals surface area (Å²) in [5.41, 5.74) is 2.19. The maximum absolute atomic E-state index is 12.9. The van der Waals surface area contributed by atoms with Crippen molar-refractivity contribution in [3.05, 3.63) is 57.8 Å². The third-order valence-electron chi connectivity index (χ3n) is 5.44. The number of fused-ring (bicyclic) bond motifs is 1. The van der Waals surface area contributed by atoms with Gasteiger partial charge in [0.25, 0.3) is 0 Å². The van der Waals surface area contributed by atoms with Gasteiger partial charge in [-0.2, -0.15) is 0 Å². The maximum atomic E-state index is 12.9. The summed E-state index contributed by atoms with van der Waals surface area (Å²) in [5, 5.41) is 5.01. The Kier molecular flexibility index (Phi) is 5.27. The molecule has 4 rings (SSSR count). The minimum Gasteiger partial charge on any atom is -0.375 e. The van der Waals surface area contributed by atoms with Gasteiger partial charge >= 0.3 is 0 Å². The summed E-state index contributed by atoms with van der Waals surface area (Å²) in [6.45, 7) is 3.61. The Hall–Kier alpha value is -2.18. The number of hydrogen-bond acceptors (Lipinski definition) is 4. The number of carbonyl (C=O) groups excluding carboxylic acids is 2. The zero-order valence-electron chi connectivity index (χ0n) is 15.4. The number of nitrogens with one attached hydrogen (secondary N) is 1. The van der Waals surface area contributed by atoms with Crippen LogP contribution in [0.5, 0.6) is 0 Å². The molecule has 0 radical (unpaired) electrons. The Morgan fingerprint density at radius 2 is 2.07 bits per heavy atom. The highest BCUT2D eigenvalue weighted by Crippen LogP contribution is 2.34. The molecule has 3 heterocycles. The molecule has 3 atom stereocenters. The standard InChI is InChI=1S/C21H24N2O3S/c1-14-4-6-15(7-5-14)11-19(24)23-13-17(20-18(23)8-9-26-20)21(25)22-12-16-3-2-10-27-16/h2-7,10,17-18,20H,8-9,11-13H2,1H3,(H,22,25)/t17-,18+,20-/m0/s1. The van der Waals surface area contributed by atoms with Gasteiger partial charge in [-0.25, -0.2) is 0 Å². The Bertz CT molecular complexity index is 803. The van der Waals surface area contributed by atoms with Gasteiger partial charge in [-0.15, -0.1) is 11.3 Å². The lowest BCUT2D eigenvalue weighted by atomic mass is 10.0. The SMILES string of the molecule is Cc1ccc(CC(=O)N2C[C@H](C(=O)NCc3cccs3)[C@@H]3OCC[C@H]32)cc1. The molecule has 2 amide bonds. The molecular formula is C21H24N2O3S. The molecule has 142 valence electrons. The highest BCUT2D eigenvalue weighted by Gasteiger charge is 2.50. The van der Waals surface area contributed by atoms with Crippen LogP contribution in [0.2, 0.25) is 0 Å². The van der Waals surface area contributed by atoms with E-state index in [0.29, 0.717) is 26.1 Å². The topological polar surface area (TPSA) is 58.6 Å². The molecule has 1 aromatic heterocycles. The number of hydrogen-bond donors (Lipinski definition) is 1. The molecule has 1 aromatic carbocycles. The number of likely N-dealkylation sites (tertiary alicyclic amines) is 1. The van der Waals surface area contributed by atoms with Crippen molar-refractivity contribution in [3.63, 3.8) is 0 Å². The van der Waals surface area contributed by atoms with Crippen LogP contribution < -0.4 is 5.32 Å². The van der Waals surface area contributed by atoms with E-state index >= 15 is 0 Å². The van der Waals surface area contributed by atoms with E-state index in [1.165, 1.54) is 5.56 Å². The first-order valence-electron chi connectivity index (χ1n) is 9.38. The molecule has 2 saturated heterocycles. The number of ether oxygens (including phenoxy) is 1. The highest BCUT2D eigenvalue weighted by molar-refractivity contribution is 7.09. The number of nitrogens with zero attached hydrogens (tertiary/aromatic N) is 1. The minimum absolute atomic E-state index is 0.0143. The van der Waals surface area contributed by atoms with Crippen LogP contribution in [0, 0.1) is 12.8 Å². The highest BCUT2D eigenvalue weighted by atomic mass is 32.1. The van der Waals surface area contributed by atoms with E-state index in [4.69, 9.17) is 4.74 Å². The first kappa shape index (κ1) is 18.2. The van der Waals surface area contributed by atoms with Gasteiger partial charge in [-0.05, 0) is 30.4 Å². The Morgan fingerprint density at radius 3 is 2.81 bits per heavy atom. The Balaban J connectivity index is 1.41. The fourth-order valence-electron chi connectivity index (χ4n) is 3.99. The van der Waals surface area contributed by atoms with Crippen LogP contribution in [0.3, 0.4) is 0 Å². The van der Waals surface area contributed by atoms with Gasteiger partial charge in [0.1, 0.15) is 0 Å². The summed E-state index contributed by atoms with van der Waals surface area (Å²) < 4.78 is 5.84. The molecule has 0 bridgehead atoms. The molecule has 5 nitrogen and oxygen atoms in total. The molecule has 0 spiro atoms. The predicted octanol–water partition coefficient (Wildman–Crippen LogP) is 2.53. The lowest BCUT2D eigenvalue weighted by Crippen LogP contribution is -2.38. The van der Waals surface area contributed by atoms with Crippen LogP contribution in [-0.2, 0) is 27.3 Å². The summed E-state index contributed by atoms with van der Waals surface area (Å²) in [7, 11) is 0. The normalized spacial score (nSPS) is 24.0. The van der Waals surface area contributed by atoms with Gasteiger partial charge < -0.3 is 15.0 Å². The second kappa shape index (κ2) is 7.82. The van der Waals surface area contributed by atoms with Crippen molar-refractivity contribution in [2.75, 3.05) is 13.2 Å². The first-order chi connectivity index (χ1) is 13.1. The molecule has 6 heteroatoms. The van der Waals surface area contributed by atoms with Crippen molar-refractivity contribution in [3.8, 4) is 0 Å². The quantitative estimate of drug-likeness (QED) is 0.862. The second-order valence-electron chi connectivity index (χ2n) is 7.30. The van der Waals surface area contributed by atoms with Crippen LogP contribution >= 0.6 is 11.3 Å². The van der Waals surface area contributed by atoms with Crippen LogP contribution in [-0.4, -0.2) is 42.0 Å². The van der Waals surface area contributed by atoms with Crippen molar-refractivity contribution in [2.45, 2.75) is 38.5 Å². The molecule has 2 aliphatic heterocycles. The Labute approximate surface area is 163 Å². The molecule has 2 aromatic rings. The van der Waals surface area contributed by atoms with Crippen molar-refractivity contribution >= 4 is 23.2 Å². The number of carbonyl (C=O) groups is 2. The monoisotopic (exact) mass is 384 g/mol. The third kappa shape index (κ3) is 3.92. The molecular weight excluding hydrogens is 360 g/mol. The van der Waals surface area contributed by atoms with Crippen molar-refractivity contribution < 1.29 is 14.3 Å². The minimum atomic E-state index is -0.292. The molecule has 0 aliphatic carbocycles. The van der Waals surface area contributed by atoms with E-state index in [-0.39, 0.29) is 29.9 Å². The van der Waals surface area contributed by atoms with Crippen molar-refractivity contribution in [2.24, 2.45) is 5.92 Å². The van der Waals surface area contributed by atoms with E-state index in [9.17, 15) is 9.59 Å². The largest absolute Gasteiger partial charge is 0.375 e. The van der Waals surface area contributed by atoms with Gasteiger partial charge in [0.15, 0.2) is 0 Å². The summed E-state index contributed by atoms with van der Waals surface area (Å²) in [6.07, 6.45) is 0.988. The lowest BCUT2D eigenvalue weighted by molar-refractivity contribution is -0.131. The van der Waals surface area contributed by atoms with Gasteiger partial charge in [0, 0.05) is 18.0 Å². The maximum Gasteiger partial charge on any atom is 0.227 e. The average molecular weight is 385 g/mol. The summed E-state index contributed by atoms with van der Waals surface area (Å²) in [5.74, 6) is -0.238. The van der Waals surface area contributed by atoms with Crippen LogP contribution in [0.15, 0.2) is 41.8 Å². The van der Waals surface area contributed by atoms with Gasteiger partial charge in [0.2, 0.25) is 11.8 Å². The van der Waals surface area contributed by atoms with E-state index in [2.05, 4.69) is 5.32 Å². The van der Waals surface area contributed by atoms with Crippen molar-refractivity contribution in [1.82, 2.24) is 10.2 Å². The third-order valence-corrected chi connectivity index (χ3v) is 6.32. The first-order valence-corrected chi connectivity index (χ1v) is 10.3.